The van der Waals surface area contributed by atoms with E-state index in [0.717, 1.165) is 31.7 Å². The van der Waals surface area contributed by atoms with Crippen molar-refractivity contribution in [3.8, 4) is 0 Å². The van der Waals surface area contributed by atoms with Crippen molar-refractivity contribution >= 4 is 5.69 Å². The van der Waals surface area contributed by atoms with Gasteiger partial charge in [-0.15, -0.1) is 0 Å². The molecule has 1 aromatic carbocycles. The van der Waals surface area contributed by atoms with E-state index in [1.165, 1.54) is 11.1 Å². The molecule has 2 N–H and O–H groups in total. The molecule has 2 heteroatoms. The third-order valence-electron chi connectivity index (χ3n) is 2.89. The van der Waals surface area contributed by atoms with Gasteiger partial charge in [-0.05, 0) is 43.6 Å². The Morgan fingerprint density at radius 2 is 1.87 bits per heavy atom. The molecule has 0 saturated heterocycles. The lowest BCUT2D eigenvalue weighted by atomic mass is 10.1. The highest BCUT2D eigenvalue weighted by Gasteiger charge is 2.02. The van der Waals surface area contributed by atoms with Crippen LogP contribution in [0.1, 0.15) is 25.0 Å². The molecule has 0 aliphatic heterocycles. The molecule has 2 nitrogen and oxygen atoms in total. The molecule has 0 amide bonds. The number of likely N-dealkylation sites (N-methyl/N-ethyl adjacent to an activating group) is 1. The van der Waals surface area contributed by atoms with Crippen molar-refractivity contribution in [3.05, 3.63) is 29.3 Å². The largest absolute Gasteiger partial charge is 0.398 e. The molecule has 0 unspecified atom stereocenters. The number of rotatable bonds is 5. The molecule has 1 aromatic rings. The number of nitrogens with zero attached hydrogens (tertiary/aromatic N) is 1. The van der Waals surface area contributed by atoms with Gasteiger partial charge in [-0.1, -0.05) is 26.0 Å². The molecule has 84 valence electrons. The first kappa shape index (κ1) is 12.1. The van der Waals surface area contributed by atoms with Gasteiger partial charge in [-0.25, -0.2) is 0 Å². The maximum absolute atomic E-state index is 5.97. The third-order valence-corrected chi connectivity index (χ3v) is 2.89. The second-order valence-electron chi connectivity index (χ2n) is 3.98. The maximum atomic E-state index is 5.97. The van der Waals surface area contributed by atoms with Crippen molar-refractivity contribution in [1.29, 1.82) is 0 Å². The molecule has 15 heavy (non-hydrogen) atoms. The summed E-state index contributed by atoms with van der Waals surface area (Å²) in [6, 6.07) is 6.33. The van der Waals surface area contributed by atoms with Crippen LogP contribution in [0, 0.1) is 6.92 Å². The fraction of sp³-hybridized carbons (Fsp3) is 0.538. The molecule has 0 atom stereocenters. The lowest BCUT2D eigenvalue weighted by Gasteiger charge is -2.18. The molecule has 0 bridgehead atoms. The summed E-state index contributed by atoms with van der Waals surface area (Å²) in [6.07, 6.45) is 1.05. The minimum atomic E-state index is 0.933. The number of hydrogen-bond acceptors (Lipinski definition) is 2. The third kappa shape index (κ3) is 3.56. The smallest absolute Gasteiger partial charge is 0.0349 e. The second kappa shape index (κ2) is 5.76. The highest BCUT2D eigenvalue weighted by atomic mass is 15.1. The van der Waals surface area contributed by atoms with E-state index < -0.39 is 0 Å². The van der Waals surface area contributed by atoms with E-state index in [1.54, 1.807) is 0 Å². The van der Waals surface area contributed by atoms with Gasteiger partial charge in [0.2, 0.25) is 0 Å². The van der Waals surface area contributed by atoms with Crippen LogP contribution in [-0.2, 0) is 6.42 Å². The Labute approximate surface area is 93.1 Å². The Morgan fingerprint density at radius 3 is 2.40 bits per heavy atom. The van der Waals surface area contributed by atoms with Crippen LogP contribution in [0.25, 0.3) is 0 Å². The van der Waals surface area contributed by atoms with Crippen molar-refractivity contribution in [3.63, 3.8) is 0 Å². The molecule has 0 aliphatic rings. The van der Waals surface area contributed by atoms with Gasteiger partial charge in [0.1, 0.15) is 0 Å². The lowest BCUT2D eigenvalue weighted by Crippen LogP contribution is -2.25. The van der Waals surface area contributed by atoms with Crippen LogP contribution in [0.2, 0.25) is 0 Å². The van der Waals surface area contributed by atoms with Crippen molar-refractivity contribution in [2.45, 2.75) is 27.2 Å². The Kier molecular flexibility index (Phi) is 4.63. The van der Waals surface area contributed by atoms with Crippen LogP contribution >= 0.6 is 0 Å². The van der Waals surface area contributed by atoms with E-state index >= 15 is 0 Å². The maximum Gasteiger partial charge on any atom is 0.0349 e. The zero-order valence-electron chi connectivity index (χ0n) is 10.1. The van der Waals surface area contributed by atoms with Crippen molar-refractivity contribution in [1.82, 2.24) is 4.90 Å². The average Bonchev–Trinajstić information content (AvgIpc) is 2.22. The summed E-state index contributed by atoms with van der Waals surface area (Å²) >= 11 is 0. The van der Waals surface area contributed by atoms with Crippen molar-refractivity contribution < 1.29 is 0 Å². The fourth-order valence-electron chi connectivity index (χ4n) is 1.76. The monoisotopic (exact) mass is 206 g/mol. The molecule has 0 heterocycles. The fourth-order valence-corrected chi connectivity index (χ4v) is 1.76. The summed E-state index contributed by atoms with van der Waals surface area (Å²) in [4.78, 5) is 2.42. The Morgan fingerprint density at radius 1 is 1.20 bits per heavy atom. The Balaban J connectivity index is 2.57. The summed E-state index contributed by atoms with van der Waals surface area (Å²) in [5.74, 6) is 0. The van der Waals surface area contributed by atoms with Gasteiger partial charge in [0.25, 0.3) is 0 Å². The number of hydrogen-bond donors (Lipinski definition) is 1. The molecular formula is C13H22N2. The first-order chi connectivity index (χ1) is 7.17. The van der Waals surface area contributed by atoms with Gasteiger partial charge in [0.05, 0.1) is 0 Å². The minimum absolute atomic E-state index is 0.933. The predicted molar refractivity (Wildman–Crippen MR) is 67.1 cm³/mol. The summed E-state index contributed by atoms with van der Waals surface area (Å²) in [5.41, 5.74) is 9.41. The van der Waals surface area contributed by atoms with Gasteiger partial charge in [-0.2, -0.15) is 0 Å². The number of nitrogen functional groups attached to an aromatic ring is 1. The molecule has 1 rings (SSSR count). The first-order valence-corrected chi connectivity index (χ1v) is 5.74. The zero-order chi connectivity index (χ0) is 11.3. The van der Waals surface area contributed by atoms with Crippen LogP contribution in [0.5, 0.6) is 0 Å². The molecule has 0 spiro atoms. The molecule has 0 saturated carbocycles. The van der Waals surface area contributed by atoms with Crippen molar-refractivity contribution in [2.75, 3.05) is 25.4 Å². The SMILES string of the molecule is CCN(CC)CCc1ccc(C)cc1N. The lowest BCUT2D eigenvalue weighted by molar-refractivity contribution is 0.308. The van der Waals surface area contributed by atoms with Crippen LogP contribution in [0.4, 0.5) is 5.69 Å². The number of benzene rings is 1. The summed E-state index contributed by atoms with van der Waals surface area (Å²) in [5, 5.41) is 0. The summed E-state index contributed by atoms with van der Waals surface area (Å²) in [7, 11) is 0. The Bertz CT molecular complexity index is 303. The molecule has 0 fully saturated rings. The van der Waals surface area contributed by atoms with Gasteiger partial charge in [-0.3, -0.25) is 0 Å². The normalized spacial score (nSPS) is 10.9. The summed E-state index contributed by atoms with van der Waals surface area (Å²) < 4.78 is 0. The summed E-state index contributed by atoms with van der Waals surface area (Å²) in [6.45, 7) is 9.79. The minimum Gasteiger partial charge on any atom is -0.398 e. The average molecular weight is 206 g/mol. The van der Waals surface area contributed by atoms with Crippen molar-refractivity contribution in [2.24, 2.45) is 0 Å². The van der Waals surface area contributed by atoms with E-state index in [-0.39, 0.29) is 0 Å². The van der Waals surface area contributed by atoms with Crippen LogP contribution in [-0.4, -0.2) is 24.5 Å². The van der Waals surface area contributed by atoms with Gasteiger partial charge in [0, 0.05) is 12.2 Å². The van der Waals surface area contributed by atoms with Gasteiger partial charge >= 0.3 is 0 Å². The van der Waals surface area contributed by atoms with Gasteiger partial charge in [0.15, 0.2) is 0 Å². The molecule has 0 aromatic heterocycles. The predicted octanol–water partition coefficient (Wildman–Crippen LogP) is 2.46. The number of aryl methyl sites for hydroxylation is 1. The topological polar surface area (TPSA) is 29.3 Å². The van der Waals surface area contributed by atoms with Crippen LogP contribution in [0.15, 0.2) is 18.2 Å². The number of anilines is 1. The first-order valence-electron chi connectivity index (χ1n) is 5.74. The highest BCUT2D eigenvalue weighted by Crippen LogP contribution is 2.14. The van der Waals surface area contributed by atoms with Gasteiger partial charge < -0.3 is 10.6 Å². The molecule has 0 radical (unpaired) electrons. The highest BCUT2D eigenvalue weighted by molar-refractivity contribution is 5.49. The van der Waals surface area contributed by atoms with E-state index in [1.807, 2.05) is 0 Å². The van der Waals surface area contributed by atoms with E-state index in [0.29, 0.717) is 0 Å². The molecule has 0 aliphatic carbocycles. The van der Waals surface area contributed by atoms with Crippen LogP contribution < -0.4 is 5.73 Å². The van der Waals surface area contributed by atoms with E-state index in [2.05, 4.69) is 43.9 Å². The Hall–Kier alpha value is -1.02. The van der Waals surface area contributed by atoms with E-state index in [4.69, 9.17) is 5.73 Å². The van der Waals surface area contributed by atoms with E-state index in [9.17, 15) is 0 Å². The zero-order valence-corrected chi connectivity index (χ0v) is 10.1. The molecular weight excluding hydrogens is 184 g/mol. The second-order valence-corrected chi connectivity index (χ2v) is 3.98. The quantitative estimate of drug-likeness (QED) is 0.750. The van der Waals surface area contributed by atoms with Crippen LogP contribution in [0.3, 0.4) is 0 Å². The number of nitrogens with two attached hydrogens (primary N) is 1. The standard InChI is InChI=1S/C13H22N2/c1-4-15(5-2)9-8-12-7-6-11(3)10-13(12)14/h6-7,10H,4-5,8-9,14H2,1-3H3.